The molecule has 1 aliphatic rings. The summed E-state index contributed by atoms with van der Waals surface area (Å²) >= 11 is 0. The summed E-state index contributed by atoms with van der Waals surface area (Å²) in [4.78, 5) is 24.0. The van der Waals surface area contributed by atoms with Crippen LogP contribution in [-0.2, 0) is 4.79 Å². The molecule has 1 fully saturated rings. The lowest BCUT2D eigenvalue weighted by Gasteiger charge is -2.34. The van der Waals surface area contributed by atoms with Gasteiger partial charge in [-0.1, -0.05) is 13.3 Å². The second-order valence-electron chi connectivity index (χ2n) is 4.26. The van der Waals surface area contributed by atoms with Crippen LogP contribution in [0.15, 0.2) is 0 Å². The molecule has 0 saturated carbocycles. The van der Waals surface area contributed by atoms with Crippen molar-refractivity contribution < 1.29 is 9.59 Å². The molecule has 0 bridgehead atoms. The smallest absolute Gasteiger partial charge is 0.318 e. The minimum absolute atomic E-state index is 0.284. The number of nitrogens with one attached hydrogen (secondary N) is 1. The Hall–Kier alpha value is -1.10. The summed E-state index contributed by atoms with van der Waals surface area (Å²) in [6.07, 6.45) is 5.17. The molecule has 1 atom stereocenters. The molecule has 16 heavy (non-hydrogen) atoms. The number of imide groups is 1. The summed E-state index contributed by atoms with van der Waals surface area (Å²) in [5.41, 5.74) is 4.87. The summed E-state index contributed by atoms with van der Waals surface area (Å²) in [7, 11) is 0. The van der Waals surface area contributed by atoms with Crippen LogP contribution in [0.2, 0.25) is 0 Å². The summed E-state index contributed by atoms with van der Waals surface area (Å²) < 4.78 is 0. The Kier molecular flexibility index (Phi) is 5.25. The van der Waals surface area contributed by atoms with Gasteiger partial charge in [-0.15, -0.1) is 0 Å². The average molecular weight is 227 g/mol. The molecule has 0 spiro atoms. The van der Waals surface area contributed by atoms with Gasteiger partial charge >= 0.3 is 6.03 Å². The molecule has 0 aromatic carbocycles. The van der Waals surface area contributed by atoms with Gasteiger partial charge in [0.2, 0.25) is 5.91 Å². The number of primary amides is 1. The number of nitrogens with two attached hydrogens (primary N) is 1. The number of rotatable bonds is 4. The number of carbonyl (C=O) groups excluding carboxylic acids is 2. The van der Waals surface area contributed by atoms with Crippen LogP contribution in [0.25, 0.3) is 0 Å². The van der Waals surface area contributed by atoms with E-state index in [0.717, 1.165) is 19.5 Å². The fraction of sp³-hybridized carbons (Fsp3) is 0.818. The Labute approximate surface area is 96.4 Å². The van der Waals surface area contributed by atoms with Crippen LogP contribution < -0.4 is 11.1 Å². The van der Waals surface area contributed by atoms with Gasteiger partial charge in [0.15, 0.2) is 0 Å². The molecule has 5 heteroatoms. The van der Waals surface area contributed by atoms with E-state index in [-0.39, 0.29) is 5.91 Å². The van der Waals surface area contributed by atoms with Crippen molar-refractivity contribution in [3.63, 3.8) is 0 Å². The molecule has 3 N–H and O–H groups in total. The number of piperidine rings is 1. The van der Waals surface area contributed by atoms with Gasteiger partial charge in [-0.05, 0) is 25.8 Å². The molecule has 1 aliphatic heterocycles. The van der Waals surface area contributed by atoms with Gasteiger partial charge in [0.25, 0.3) is 0 Å². The zero-order valence-corrected chi connectivity index (χ0v) is 9.87. The lowest BCUT2D eigenvalue weighted by molar-refractivity contribution is -0.120. The highest BCUT2D eigenvalue weighted by molar-refractivity contribution is 5.93. The molecule has 0 aromatic rings. The molecule has 1 heterocycles. The van der Waals surface area contributed by atoms with Crippen molar-refractivity contribution in [2.75, 3.05) is 13.1 Å². The van der Waals surface area contributed by atoms with Crippen LogP contribution in [0.3, 0.4) is 0 Å². The maximum absolute atomic E-state index is 11.3. The van der Waals surface area contributed by atoms with Gasteiger partial charge in [-0.2, -0.15) is 0 Å². The third kappa shape index (κ3) is 4.18. The predicted molar refractivity (Wildman–Crippen MR) is 61.8 cm³/mol. The fourth-order valence-electron chi connectivity index (χ4n) is 2.26. The minimum Gasteiger partial charge on any atom is -0.351 e. The summed E-state index contributed by atoms with van der Waals surface area (Å²) in [5, 5.41) is 2.09. The third-order valence-corrected chi connectivity index (χ3v) is 3.11. The number of hydrogen-bond acceptors (Lipinski definition) is 3. The SMILES string of the molecule is CCC1CCCCN1CCC(=O)NC(N)=O. The lowest BCUT2D eigenvalue weighted by Crippen LogP contribution is -2.42. The van der Waals surface area contributed by atoms with Crippen molar-refractivity contribution in [3.05, 3.63) is 0 Å². The van der Waals surface area contributed by atoms with Crippen molar-refractivity contribution in [1.29, 1.82) is 0 Å². The number of nitrogens with zero attached hydrogens (tertiary/aromatic N) is 1. The van der Waals surface area contributed by atoms with E-state index in [1.54, 1.807) is 0 Å². The Morgan fingerprint density at radius 2 is 2.19 bits per heavy atom. The molecule has 0 aliphatic carbocycles. The first-order valence-electron chi connectivity index (χ1n) is 5.96. The summed E-state index contributed by atoms with van der Waals surface area (Å²) in [6, 6.07) is -0.175. The lowest BCUT2D eigenvalue weighted by atomic mass is 10.00. The van der Waals surface area contributed by atoms with Crippen molar-refractivity contribution >= 4 is 11.9 Å². The van der Waals surface area contributed by atoms with E-state index in [0.29, 0.717) is 12.5 Å². The first-order valence-corrected chi connectivity index (χ1v) is 5.96. The van der Waals surface area contributed by atoms with E-state index in [1.807, 2.05) is 0 Å². The van der Waals surface area contributed by atoms with Crippen LogP contribution >= 0.6 is 0 Å². The quantitative estimate of drug-likeness (QED) is 0.747. The molecule has 5 nitrogen and oxygen atoms in total. The van der Waals surface area contributed by atoms with E-state index in [2.05, 4.69) is 17.1 Å². The molecule has 0 aromatic heterocycles. The maximum atomic E-state index is 11.3. The number of amides is 3. The zero-order valence-electron chi connectivity index (χ0n) is 9.87. The molecule has 1 rings (SSSR count). The van der Waals surface area contributed by atoms with Crippen molar-refractivity contribution in [2.24, 2.45) is 5.73 Å². The zero-order chi connectivity index (χ0) is 12.0. The highest BCUT2D eigenvalue weighted by Gasteiger charge is 2.20. The van der Waals surface area contributed by atoms with Gasteiger partial charge in [0.1, 0.15) is 0 Å². The van der Waals surface area contributed by atoms with Crippen LogP contribution in [0.4, 0.5) is 4.79 Å². The molecule has 1 saturated heterocycles. The predicted octanol–water partition coefficient (Wildman–Crippen LogP) is 0.836. The largest absolute Gasteiger partial charge is 0.351 e. The van der Waals surface area contributed by atoms with Gasteiger partial charge in [-0.3, -0.25) is 15.0 Å². The maximum Gasteiger partial charge on any atom is 0.318 e. The molecule has 92 valence electrons. The van der Waals surface area contributed by atoms with Gasteiger partial charge in [0, 0.05) is 19.0 Å². The normalized spacial score (nSPS) is 21.7. The van der Waals surface area contributed by atoms with Crippen molar-refractivity contribution in [2.45, 2.75) is 45.1 Å². The van der Waals surface area contributed by atoms with Crippen LogP contribution in [-0.4, -0.2) is 36.0 Å². The summed E-state index contributed by atoms with van der Waals surface area (Å²) in [5.74, 6) is -0.284. The number of urea groups is 1. The number of carbonyl (C=O) groups is 2. The molecule has 3 amide bonds. The van der Waals surface area contributed by atoms with Crippen LogP contribution in [0.1, 0.15) is 39.0 Å². The number of likely N-dealkylation sites (tertiary alicyclic amines) is 1. The van der Waals surface area contributed by atoms with Crippen molar-refractivity contribution in [1.82, 2.24) is 10.2 Å². The summed E-state index contributed by atoms with van der Waals surface area (Å²) in [6.45, 7) is 3.95. The van der Waals surface area contributed by atoms with E-state index >= 15 is 0 Å². The Bertz CT molecular complexity index is 256. The molecule has 1 unspecified atom stereocenters. The van der Waals surface area contributed by atoms with Crippen LogP contribution in [0, 0.1) is 0 Å². The standard InChI is InChI=1S/C11H21N3O2/c1-2-9-5-3-4-7-14(9)8-6-10(15)13-11(12)16/h9H,2-8H2,1H3,(H3,12,13,15,16). The van der Waals surface area contributed by atoms with Crippen LogP contribution in [0.5, 0.6) is 0 Å². The fourth-order valence-corrected chi connectivity index (χ4v) is 2.26. The first-order chi connectivity index (χ1) is 7.63. The highest BCUT2D eigenvalue weighted by Crippen LogP contribution is 2.19. The van der Waals surface area contributed by atoms with Gasteiger partial charge in [-0.25, -0.2) is 4.79 Å². The molecular formula is C11H21N3O2. The second-order valence-corrected chi connectivity index (χ2v) is 4.26. The highest BCUT2D eigenvalue weighted by atomic mass is 16.2. The van der Waals surface area contributed by atoms with Gasteiger partial charge < -0.3 is 5.73 Å². The van der Waals surface area contributed by atoms with Gasteiger partial charge in [0.05, 0.1) is 0 Å². The van der Waals surface area contributed by atoms with E-state index in [1.165, 1.54) is 19.3 Å². The topological polar surface area (TPSA) is 75.4 Å². The minimum atomic E-state index is -0.768. The molecular weight excluding hydrogens is 206 g/mol. The Morgan fingerprint density at radius 1 is 1.44 bits per heavy atom. The Morgan fingerprint density at radius 3 is 2.81 bits per heavy atom. The monoisotopic (exact) mass is 227 g/mol. The number of hydrogen-bond donors (Lipinski definition) is 2. The van der Waals surface area contributed by atoms with E-state index < -0.39 is 6.03 Å². The first kappa shape index (κ1) is 13.0. The van der Waals surface area contributed by atoms with E-state index in [4.69, 9.17) is 5.73 Å². The van der Waals surface area contributed by atoms with E-state index in [9.17, 15) is 9.59 Å². The molecule has 0 radical (unpaired) electrons. The van der Waals surface area contributed by atoms with Crippen molar-refractivity contribution in [3.8, 4) is 0 Å². The Balaban J connectivity index is 2.29. The third-order valence-electron chi connectivity index (χ3n) is 3.11. The average Bonchev–Trinajstić information content (AvgIpc) is 2.26. The second kappa shape index (κ2) is 6.48.